The molecule has 0 saturated carbocycles. The van der Waals surface area contributed by atoms with E-state index in [1.807, 2.05) is 0 Å². The molecule has 0 N–H and O–H groups in total. The second-order valence-electron chi connectivity index (χ2n) is 2.47. The molecule has 15 heavy (non-hydrogen) atoms. The van der Waals surface area contributed by atoms with Gasteiger partial charge in [0.05, 0.1) is 0 Å². The number of carbonyl (C=O) groups is 1. The summed E-state index contributed by atoms with van der Waals surface area (Å²) in [4.78, 5) is 10.6. The quantitative estimate of drug-likeness (QED) is 0.251. The SMILES string of the molecule is C=C(F)C(=O)Oc1ccc(F)c(F)c1F. The highest BCUT2D eigenvalue weighted by Crippen LogP contribution is 2.22. The Kier molecular flexibility index (Phi) is 3.08. The summed E-state index contributed by atoms with van der Waals surface area (Å²) in [6, 6.07) is 1.20. The van der Waals surface area contributed by atoms with Crippen LogP contribution >= 0.6 is 0 Å². The van der Waals surface area contributed by atoms with Crippen LogP contribution in [0.4, 0.5) is 17.6 Å². The zero-order valence-corrected chi connectivity index (χ0v) is 7.19. The molecule has 0 aromatic heterocycles. The molecule has 1 aromatic rings. The van der Waals surface area contributed by atoms with Crippen LogP contribution in [0.3, 0.4) is 0 Å². The molecule has 0 fully saturated rings. The van der Waals surface area contributed by atoms with Crippen LogP contribution < -0.4 is 4.74 Å². The number of ether oxygens (including phenoxy) is 1. The Balaban J connectivity index is 3.02. The molecule has 80 valence electrons. The molecule has 0 atom stereocenters. The number of halogens is 4. The van der Waals surface area contributed by atoms with Gasteiger partial charge in [0, 0.05) is 0 Å². The van der Waals surface area contributed by atoms with Gasteiger partial charge in [0.1, 0.15) is 0 Å². The average molecular weight is 220 g/mol. The van der Waals surface area contributed by atoms with Crippen LogP contribution in [0.25, 0.3) is 0 Å². The minimum Gasteiger partial charge on any atom is -0.418 e. The van der Waals surface area contributed by atoms with Gasteiger partial charge in [-0.1, -0.05) is 6.58 Å². The summed E-state index contributed by atoms with van der Waals surface area (Å²) < 4.78 is 54.0. The lowest BCUT2D eigenvalue weighted by atomic mass is 10.3. The molecule has 0 heterocycles. The van der Waals surface area contributed by atoms with Crippen molar-refractivity contribution >= 4 is 5.97 Å². The summed E-state index contributed by atoms with van der Waals surface area (Å²) in [5.41, 5.74) is 0. The Labute approximate surface area is 81.8 Å². The highest BCUT2D eigenvalue weighted by molar-refractivity contribution is 5.87. The van der Waals surface area contributed by atoms with Crippen LogP contribution in [0.1, 0.15) is 0 Å². The smallest absolute Gasteiger partial charge is 0.372 e. The highest BCUT2D eigenvalue weighted by atomic mass is 19.2. The van der Waals surface area contributed by atoms with Crippen molar-refractivity contribution < 1.29 is 27.1 Å². The van der Waals surface area contributed by atoms with Gasteiger partial charge in [0.25, 0.3) is 0 Å². The summed E-state index contributed by atoms with van der Waals surface area (Å²) >= 11 is 0. The van der Waals surface area contributed by atoms with Crippen molar-refractivity contribution in [3.05, 3.63) is 42.0 Å². The Hall–Kier alpha value is -1.85. The van der Waals surface area contributed by atoms with Gasteiger partial charge in [-0.3, -0.25) is 0 Å². The van der Waals surface area contributed by atoms with E-state index in [9.17, 15) is 22.4 Å². The van der Waals surface area contributed by atoms with Gasteiger partial charge in [0.2, 0.25) is 11.6 Å². The molecule has 0 bridgehead atoms. The molecule has 0 aliphatic rings. The largest absolute Gasteiger partial charge is 0.418 e. The lowest BCUT2D eigenvalue weighted by Crippen LogP contribution is -2.09. The topological polar surface area (TPSA) is 26.3 Å². The molecule has 2 nitrogen and oxygen atoms in total. The first-order chi connectivity index (χ1) is 6.93. The molecule has 0 aliphatic heterocycles. The molecular weight excluding hydrogens is 216 g/mol. The third kappa shape index (κ3) is 2.34. The second kappa shape index (κ2) is 4.12. The lowest BCUT2D eigenvalue weighted by Gasteiger charge is -2.04. The first kappa shape index (κ1) is 11.2. The standard InChI is InChI=1S/C9H4F4O2/c1-4(10)9(14)15-6-3-2-5(11)7(12)8(6)13/h2-3H,1H2. The third-order valence-electron chi connectivity index (χ3n) is 1.42. The zero-order valence-electron chi connectivity index (χ0n) is 7.19. The molecule has 0 amide bonds. The van der Waals surface area contributed by atoms with Gasteiger partial charge in [-0.2, -0.15) is 8.78 Å². The fourth-order valence-corrected chi connectivity index (χ4v) is 0.742. The molecule has 0 radical (unpaired) electrons. The molecule has 0 saturated heterocycles. The first-order valence-corrected chi connectivity index (χ1v) is 3.63. The van der Waals surface area contributed by atoms with E-state index < -0.39 is 35.0 Å². The molecule has 0 aliphatic carbocycles. The number of hydrogen-bond donors (Lipinski definition) is 0. The van der Waals surface area contributed by atoms with Gasteiger partial charge < -0.3 is 4.74 Å². The molecule has 0 spiro atoms. The summed E-state index contributed by atoms with van der Waals surface area (Å²) in [5, 5.41) is 0. The number of rotatable bonds is 2. The van der Waals surface area contributed by atoms with E-state index in [4.69, 9.17) is 0 Å². The van der Waals surface area contributed by atoms with Crippen molar-refractivity contribution in [1.29, 1.82) is 0 Å². The fraction of sp³-hybridized carbons (Fsp3) is 0. The van der Waals surface area contributed by atoms with Gasteiger partial charge in [0.15, 0.2) is 17.4 Å². The molecule has 6 heteroatoms. The average Bonchev–Trinajstić information content (AvgIpc) is 2.18. The molecule has 1 aromatic carbocycles. The Morgan fingerprint density at radius 1 is 1.20 bits per heavy atom. The van der Waals surface area contributed by atoms with Crippen LogP contribution in [0, 0.1) is 17.5 Å². The van der Waals surface area contributed by atoms with E-state index in [1.165, 1.54) is 0 Å². The molecular formula is C9H4F4O2. The van der Waals surface area contributed by atoms with Crippen molar-refractivity contribution in [3.8, 4) is 5.75 Å². The maximum atomic E-state index is 12.8. The van der Waals surface area contributed by atoms with E-state index in [1.54, 1.807) is 0 Å². The summed E-state index contributed by atoms with van der Waals surface area (Å²) in [7, 11) is 0. The maximum absolute atomic E-state index is 12.8. The van der Waals surface area contributed by atoms with Crippen molar-refractivity contribution in [2.45, 2.75) is 0 Å². The van der Waals surface area contributed by atoms with E-state index in [0.717, 1.165) is 0 Å². The number of carbonyl (C=O) groups excluding carboxylic acids is 1. The highest BCUT2D eigenvalue weighted by Gasteiger charge is 2.18. The lowest BCUT2D eigenvalue weighted by molar-refractivity contribution is -0.131. The van der Waals surface area contributed by atoms with Gasteiger partial charge >= 0.3 is 5.97 Å². The zero-order chi connectivity index (χ0) is 11.6. The molecule has 1 rings (SSSR count). The minimum absolute atomic E-state index is 0.544. The molecule has 0 unspecified atom stereocenters. The van der Waals surface area contributed by atoms with Gasteiger partial charge in [-0.15, -0.1) is 0 Å². The summed E-state index contributed by atoms with van der Waals surface area (Å²) in [6.45, 7) is 2.59. The van der Waals surface area contributed by atoms with E-state index in [0.29, 0.717) is 12.1 Å². The summed E-state index contributed by atoms with van der Waals surface area (Å²) in [5.74, 6) is -8.89. The number of esters is 1. The second-order valence-corrected chi connectivity index (χ2v) is 2.47. The van der Waals surface area contributed by atoms with Gasteiger partial charge in [-0.25, -0.2) is 13.6 Å². The van der Waals surface area contributed by atoms with Crippen molar-refractivity contribution in [2.24, 2.45) is 0 Å². The van der Waals surface area contributed by atoms with Crippen LogP contribution in [-0.4, -0.2) is 5.97 Å². The predicted octanol–water partition coefficient (Wildman–Crippen LogP) is 2.49. The minimum atomic E-state index is -1.80. The van der Waals surface area contributed by atoms with E-state index in [-0.39, 0.29) is 0 Å². The third-order valence-corrected chi connectivity index (χ3v) is 1.42. The van der Waals surface area contributed by atoms with Crippen molar-refractivity contribution in [3.63, 3.8) is 0 Å². The van der Waals surface area contributed by atoms with E-state index in [2.05, 4.69) is 11.3 Å². The fourth-order valence-electron chi connectivity index (χ4n) is 0.742. The van der Waals surface area contributed by atoms with E-state index >= 15 is 0 Å². The van der Waals surface area contributed by atoms with Crippen LogP contribution in [0.5, 0.6) is 5.75 Å². The number of benzene rings is 1. The Morgan fingerprint density at radius 2 is 1.80 bits per heavy atom. The first-order valence-electron chi connectivity index (χ1n) is 3.63. The summed E-state index contributed by atoms with van der Waals surface area (Å²) in [6.07, 6.45) is 0. The maximum Gasteiger partial charge on any atom is 0.372 e. The monoisotopic (exact) mass is 220 g/mol. The Bertz CT molecular complexity index is 428. The van der Waals surface area contributed by atoms with Crippen molar-refractivity contribution in [2.75, 3.05) is 0 Å². The predicted molar refractivity (Wildman–Crippen MR) is 42.2 cm³/mol. The number of hydrogen-bond acceptors (Lipinski definition) is 2. The van der Waals surface area contributed by atoms with Crippen molar-refractivity contribution in [1.82, 2.24) is 0 Å². The normalized spacial score (nSPS) is 9.87. The van der Waals surface area contributed by atoms with Crippen LogP contribution in [0.2, 0.25) is 0 Å². The van der Waals surface area contributed by atoms with Crippen LogP contribution in [0.15, 0.2) is 24.5 Å². The Morgan fingerprint density at radius 3 is 2.33 bits per heavy atom. The van der Waals surface area contributed by atoms with Crippen LogP contribution in [-0.2, 0) is 4.79 Å². The van der Waals surface area contributed by atoms with Gasteiger partial charge in [-0.05, 0) is 12.1 Å².